The molecule has 0 bridgehead atoms. The highest BCUT2D eigenvalue weighted by atomic mass is 15.2. The molecule has 6 aromatic rings. The molecule has 0 unspecified atom stereocenters. The van der Waals surface area contributed by atoms with Gasteiger partial charge in [-0.25, -0.2) is 0 Å². The van der Waals surface area contributed by atoms with Crippen LogP contribution in [-0.4, -0.2) is 39.9 Å². The molecular formula is C22H16N8. The van der Waals surface area contributed by atoms with Crippen molar-refractivity contribution in [3.63, 3.8) is 0 Å². The summed E-state index contributed by atoms with van der Waals surface area (Å²) >= 11 is 0. The van der Waals surface area contributed by atoms with Gasteiger partial charge < -0.3 is 4.98 Å². The van der Waals surface area contributed by atoms with Crippen LogP contribution in [-0.2, 0) is 7.05 Å². The first-order valence-corrected chi connectivity index (χ1v) is 9.48. The van der Waals surface area contributed by atoms with Gasteiger partial charge in [-0.05, 0) is 24.3 Å². The van der Waals surface area contributed by atoms with E-state index in [4.69, 9.17) is 0 Å². The third kappa shape index (κ3) is 2.58. The number of nitrogens with zero attached hydrogens (tertiary/aromatic N) is 6. The lowest BCUT2D eigenvalue weighted by atomic mass is 10.1. The van der Waals surface area contributed by atoms with Crippen LogP contribution < -0.4 is 0 Å². The van der Waals surface area contributed by atoms with Gasteiger partial charge in [-0.1, -0.05) is 6.07 Å². The molecule has 0 amide bonds. The molecule has 0 aliphatic heterocycles. The van der Waals surface area contributed by atoms with Gasteiger partial charge in [-0.2, -0.15) is 10.2 Å². The maximum Gasteiger partial charge on any atom is 0.116 e. The molecule has 30 heavy (non-hydrogen) atoms. The van der Waals surface area contributed by atoms with Crippen molar-refractivity contribution in [2.75, 3.05) is 0 Å². The fourth-order valence-electron chi connectivity index (χ4n) is 3.74. The van der Waals surface area contributed by atoms with E-state index in [9.17, 15) is 0 Å². The van der Waals surface area contributed by atoms with E-state index >= 15 is 0 Å². The Kier molecular flexibility index (Phi) is 3.51. The van der Waals surface area contributed by atoms with E-state index in [1.807, 2.05) is 56.1 Å². The van der Waals surface area contributed by atoms with Crippen molar-refractivity contribution >= 4 is 21.8 Å². The zero-order chi connectivity index (χ0) is 20.1. The summed E-state index contributed by atoms with van der Waals surface area (Å²) in [6, 6.07) is 10.0. The van der Waals surface area contributed by atoms with E-state index in [0.29, 0.717) is 0 Å². The van der Waals surface area contributed by atoms with Crippen LogP contribution in [0.1, 0.15) is 0 Å². The van der Waals surface area contributed by atoms with Crippen molar-refractivity contribution in [3.05, 3.63) is 67.5 Å². The summed E-state index contributed by atoms with van der Waals surface area (Å²) in [7, 11) is 1.89. The second kappa shape index (κ2) is 6.35. The molecule has 0 saturated carbocycles. The Labute approximate surface area is 170 Å². The van der Waals surface area contributed by atoms with Crippen molar-refractivity contribution < 1.29 is 0 Å². The van der Waals surface area contributed by atoms with Gasteiger partial charge in [-0.15, -0.1) is 0 Å². The van der Waals surface area contributed by atoms with Gasteiger partial charge in [-0.3, -0.25) is 24.7 Å². The lowest BCUT2D eigenvalue weighted by molar-refractivity contribution is 0.768. The molecule has 144 valence electrons. The smallest absolute Gasteiger partial charge is 0.116 e. The van der Waals surface area contributed by atoms with Gasteiger partial charge in [0.05, 0.1) is 46.7 Å². The number of hydrogen-bond donors (Lipinski definition) is 2. The Morgan fingerprint density at radius 2 is 1.87 bits per heavy atom. The number of nitrogens with one attached hydrogen (secondary N) is 2. The van der Waals surface area contributed by atoms with Crippen LogP contribution in [0, 0.1) is 0 Å². The summed E-state index contributed by atoms with van der Waals surface area (Å²) in [5, 5.41) is 13.9. The van der Waals surface area contributed by atoms with Crippen LogP contribution in [0.2, 0.25) is 0 Å². The maximum atomic E-state index is 4.55. The van der Waals surface area contributed by atoms with Gasteiger partial charge in [0, 0.05) is 47.5 Å². The average molecular weight is 392 g/mol. The fourth-order valence-corrected chi connectivity index (χ4v) is 3.74. The Morgan fingerprint density at radius 3 is 2.70 bits per heavy atom. The first-order chi connectivity index (χ1) is 14.8. The van der Waals surface area contributed by atoms with Gasteiger partial charge in [0.15, 0.2) is 0 Å². The number of H-pyrrole nitrogens is 2. The molecule has 0 spiro atoms. The minimum absolute atomic E-state index is 0.834. The lowest BCUT2D eigenvalue weighted by Crippen LogP contribution is -1.85. The summed E-state index contributed by atoms with van der Waals surface area (Å²) in [5.41, 5.74) is 7.23. The number of pyridine rings is 3. The van der Waals surface area contributed by atoms with Gasteiger partial charge >= 0.3 is 0 Å². The fraction of sp³-hybridized carbons (Fsp3) is 0.0455. The van der Waals surface area contributed by atoms with Crippen molar-refractivity contribution in [1.29, 1.82) is 0 Å². The van der Waals surface area contributed by atoms with E-state index in [2.05, 4.69) is 41.3 Å². The Bertz CT molecular complexity index is 1510. The second-order valence-corrected chi connectivity index (χ2v) is 7.14. The summed E-state index contributed by atoms with van der Waals surface area (Å²) in [6.07, 6.45) is 11.0. The molecule has 6 aromatic heterocycles. The van der Waals surface area contributed by atoms with Crippen LogP contribution in [0.25, 0.3) is 55.7 Å². The van der Waals surface area contributed by atoms with Crippen LogP contribution in [0.5, 0.6) is 0 Å². The molecule has 0 fully saturated rings. The molecule has 6 rings (SSSR count). The molecule has 0 aliphatic rings. The zero-order valence-electron chi connectivity index (χ0n) is 16.0. The van der Waals surface area contributed by atoms with E-state index < -0.39 is 0 Å². The Morgan fingerprint density at radius 1 is 0.900 bits per heavy atom. The first kappa shape index (κ1) is 16.6. The molecule has 0 radical (unpaired) electrons. The predicted octanol–water partition coefficient (Wildman–Crippen LogP) is 3.96. The Hall–Kier alpha value is -4.33. The summed E-state index contributed by atoms with van der Waals surface area (Å²) < 4.78 is 1.77. The SMILES string of the molecule is Cn1cc(-c2cc3c(-c4cc5c(-c6ccccn6)cncc5[nH]4)n[nH]c3cn2)cn1. The van der Waals surface area contributed by atoms with Crippen molar-refractivity contribution in [3.8, 4) is 33.9 Å². The number of aromatic amines is 2. The highest BCUT2D eigenvalue weighted by Gasteiger charge is 2.15. The number of rotatable bonds is 3. The van der Waals surface area contributed by atoms with Crippen molar-refractivity contribution in [2.24, 2.45) is 7.05 Å². The van der Waals surface area contributed by atoms with Crippen molar-refractivity contribution in [1.82, 2.24) is 39.9 Å². The molecule has 0 aliphatic carbocycles. The molecule has 6 heterocycles. The Balaban J connectivity index is 1.52. The first-order valence-electron chi connectivity index (χ1n) is 9.48. The largest absolute Gasteiger partial charge is 0.352 e. The van der Waals surface area contributed by atoms with Gasteiger partial charge in [0.1, 0.15) is 5.69 Å². The minimum Gasteiger partial charge on any atom is -0.352 e. The summed E-state index contributed by atoms with van der Waals surface area (Å²) in [4.78, 5) is 16.9. The van der Waals surface area contributed by atoms with Gasteiger partial charge in [0.2, 0.25) is 0 Å². The average Bonchev–Trinajstić information content (AvgIpc) is 3.50. The molecule has 0 saturated heterocycles. The molecule has 0 atom stereocenters. The third-order valence-corrected chi connectivity index (χ3v) is 5.19. The predicted molar refractivity (Wildman–Crippen MR) is 114 cm³/mol. The van der Waals surface area contributed by atoms with E-state index in [1.165, 1.54) is 0 Å². The summed E-state index contributed by atoms with van der Waals surface area (Å²) in [5.74, 6) is 0. The second-order valence-electron chi connectivity index (χ2n) is 7.14. The van der Waals surface area contributed by atoms with E-state index in [-0.39, 0.29) is 0 Å². The topological polar surface area (TPSA) is 101 Å². The molecule has 8 heteroatoms. The standard InChI is InChI=1S/C22H16N8/c1-30-12-13(8-26-30)18-7-15-21(11-25-18)28-29-22(15)19-6-14-16(9-23-10-20(14)27-19)17-4-2-3-5-24-17/h2-12,27H,1H3,(H,28,29). The lowest BCUT2D eigenvalue weighted by Gasteiger charge is -2.00. The maximum absolute atomic E-state index is 4.55. The van der Waals surface area contributed by atoms with Crippen LogP contribution in [0.3, 0.4) is 0 Å². The van der Waals surface area contributed by atoms with Gasteiger partial charge in [0.25, 0.3) is 0 Å². The van der Waals surface area contributed by atoms with Crippen LogP contribution in [0.15, 0.2) is 67.5 Å². The van der Waals surface area contributed by atoms with Crippen LogP contribution >= 0.6 is 0 Å². The number of fused-ring (bicyclic) bond motifs is 2. The zero-order valence-corrected chi connectivity index (χ0v) is 16.0. The molecule has 0 aromatic carbocycles. The quantitative estimate of drug-likeness (QED) is 0.475. The van der Waals surface area contributed by atoms with E-state index in [0.717, 1.165) is 55.7 Å². The minimum atomic E-state index is 0.834. The number of aromatic nitrogens is 8. The normalized spacial score (nSPS) is 11.5. The molecule has 8 nitrogen and oxygen atoms in total. The highest BCUT2D eigenvalue weighted by molar-refractivity contribution is 6.00. The third-order valence-electron chi connectivity index (χ3n) is 5.19. The summed E-state index contributed by atoms with van der Waals surface area (Å²) in [6.45, 7) is 0. The molecular weight excluding hydrogens is 376 g/mol. The monoisotopic (exact) mass is 392 g/mol. The molecule has 2 N–H and O–H groups in total. The van der Waals surface area contributed by atoms with Crippen LogP contribution in [0.4, 0.5) is 0 Å². The number of hydrogen-bond acceptors (Lipinski definition) is 5. The highest BCUT2D eigenvalue weighted by Crippen LogP contribution is 2.33. The van der Waals surface area contributed by atoms with E-state index in [1.54, 1.807) is 17.1 Å². The van der Waals surface area contributed by atoms with Crippen molar-refractivity contribution in [2.45, 2.75) is 0 Å². The number of aryl methyl sites for hydroxylation is 1.